The van der Waals surface area contributed by atoms with Crippen molar-refractivity contribution in [2.75, 3.05) is 12.4 Å². The molecule has 1 N–H and O–H groups in total. The van der Waals surface area contributed by atoms with Gasteiger partial charge < -0.3 is 14.6 Å². The van der Waals surface area contributed by atoms with E-state index in [-0.39, 0.29) is 12.4 Å². The molecule has 2 aromatic rings. The summed E-state index contributed by atoms with van der Waals surface area (Å²) in [5.74, 6) is -0.502. The minimum absolute atomic E-state index is 0.0643. The van der Waals surface area contributed by atoms with E-state index < -0.39 is 5.97 Å². The molecule has 6 heteroatoms. The Morgan fingerprint density at radius 3 is 2.50 bits per heavy atom. The molecule has 2 aromatic carbocycles. The Morgan fingerprint density at radius 2 is 1.77 bits per heavy atom. The molecule has 0 fully saturated rings. The van der Waals surface area contributed by atoms with Gasteiger partial charge in [0.2, 0.25) is 0 Å². The summed E-state index contributed by atoms with van der Waals surface area (Å²) < 4.78 is 10.8. The largest absolute Gasteiger partial charge is 0.489 e. The average Bonchev–Trinajstić information content (AvgIpc) is 2.76. The van der Waals surface area contributed by atoms with Gasteiger partial charge in [-0.3, -0.25) is 4.79 Å². The molecule has 0 unspecified atom stereocenters. The summed E-state index contributed by atoms with van der Waals surface area (Å²) in [5, 5.41) is 10.2. The van der Waals surface area contributed by atoms with Crippen LogP contribution < -0.4 is 4.74 Å². The van der Waals surface area contributed by atoms with Crippen molar-refractivity contribution in [3.63, 3.8) is 0 Å². The zero-order valence-corrected chi connectivity index (χ0v) is 18.9. The van der Waals surface area contributed by atoms with E-state index >= 15 is 0 Å². The number of hydrogen-bond acceptors (Lipinski definition) is 4. The third kappa shape index (κ3) is 7.82. The van der Waals surface area contributed by atoms with E-state index in [4.69, 9.17) is 14.6 Å². The molecule has 5 nitrogen and oxygen atoms in total. The van der Waals surface area contributed by atoms with Gasteiger partial charge in [0.1, 0.15) is 12.4 Å². The normalized spacial score (nSPS) is 10.6. The SMILES string of the molecule is COC(=O)c1cccc(COc2cccc(CCCCCCBr)c2CCC(=O)O)c1. The Bertz CT molecular complexity index is 834. The van der Waals surface area contributed by atoms with Crippen molar-refractivity contribution in [1.82, 2.24) is 0 Å². The predicted octanol–water partition coefficient (Wildman–Crippen LogP) is 5.57. The number of carbonyl (C=O) groups is 2. The van der Waals surface area contributed by atoms with Crippen LogP contribution in [0.1, 0.15) is 59.2 Å². The monoisotopic (exact) mass is 476 g/mol. The van der Waals surface area contributed by atoms with Crippen LogP contribution in [-0.4, -0.2) is 29.5 Å². The summed E-state index contributed by atoms with van der Waals surface area (Å²) in [6, 6.07) is 13.0. The molecule has 0 aromatic heterocycles. The van der Waals surface area contributed by atoms with E-state index in [1.807, 2.05) is 18.2 Å². The molecular formula is C24H29BrO5. The number of aryl methyl sites for hydroxylation is 1. The zero-order chi connectivity index (χ0) is 21.8. The van der Waals surface area contributed by atoms with Crippen LogP contribution in [0.25, 0.3) is 0 Å². The maximum Gasteiger partial charge on any atom is 0.337 e. The first-order valence-corrected chi connectivity index (χ1v) is 11.4. The van der Waals surface area contributed by atoms with Gasteiger partial charge in [0.25, 0.3) is 0 Å². The minimum Gasteiger partial charge on any atom is -0.489 e. The quantitative estimate of drug-likeness (QED) is 0.232. The molecule has 0 saturated heterocycles. The number of benzene rings is 2. The van der Waals surface area contributed by atoms with Gasteiger partial charge in [-0.1, -0.05) is 53.0 Å². The van der Waals surface area contributed by atoms with Gasteiger partial charge in [-0.05, 0) is 60.6 Å². The molecular weight excluding hydrogens is 448 g/mol. The van der Waals surface area contributed by atoms with E-state index in [0.717, 1.165) is 41.3 Å². The summed E-state index contributed by atoms with van der Waals surface area (Å²) in [6.07, 6.45) is 5.97. The number of methoxy groups -OCH3 is 1. The van der Waals surface area contributed by atoms with E-state index in [1.54, 1.807) is 18.2 Å². The molecule has 0 atom stereocenters. The molecule has 0 amide bonds. The number of rotatable bonds is 13. The third-order valence-corrected chi connectivity index (χ3v) is 5.45. The number of hydrogen-bond donors (Lipinski definition) is 1. The molecule has 0 aliphatic heterocycles. The Hall–Kier alpha value is -2.34. The van der Waals surface area contributed by atoms with Crippen LogP contribution in [0.5, 0.6) is 5.75 Å². The van der Waals surface area contributed by atoms with Crippen LogP contribution in [0.2, 0.25) is 0 Å². The van der Waals surface area contributed by atoms with Crippen molar-refractivity contribution in [2.45, 2.75) is 51.6 Å². The molecule has 0 aliphatic carbocycles. The molecule has 0 radical (unpaired) electrons. The second kappa shape index (κ2) is 13.1. The number of unbranched alkanes of at least 4 members (excludes halogenated alkanes) is 3. The molecule has 0 aliphatic rings. The first-order valence-electron chi connectivity index (χ1n) is 10.2. The van der Waals surface area contributed by atoms with Gasteiger partial charge in [0.15, 0.2) is 0 Å². The molecule has 0 bridgehead atoms. The highest BCUT2D eigenvalue weighted by molar-refractivity contribution is 9.09. The van der Waals surface area contributed by atoms with Gasteiger partial charge >= 0.3 is 11.9 Å². The fourth-order valence-corrected chi connectivity index (χ4v) is 3.72. The molecule has 30 heavy (non-hydrogen) atoms. The van der Waals surface area contributed by atoms with Gasteiger partial charge in [-0.2, -0.15) is 0 Å². The van der Waals surface area contributed by atoms with Gasteiger partial charge in [0.05, 0.1) is 12.7 Å². The van der Waals surface area contributed by atoms with Gasteiger partial charge in [-0.25, -0.2) is 4.79 Å². The molecule has 0 heterocycles. The predicted molar refractivity (Wildman–Crippen MR) is 120 cm³/mol. The smallest absolute Gasteiger partial charge is 0.337 e. The van der Waals surface area contributed by atoms with E-state index in [1.165, 1.54) is 20.0 Å². The van der Waals surface area contributed by atoms with Crippen LogP contribution in [-0.2, 0) is 29.0 Å². The van der Waals surface area contributed by atoms with E-state index in [0.29, 0.717) is 24.3 Å². The van der Waals surface area contributed by atoms with Crippen LogP contribution in [0.3, 0.4) is 0 Å². The van der Waals surface area contributed by atoms with Gasteiger partial charge in [0, 0.05) is 11.8 Å². The molecule has 162 valence electrons. The first kappa shape index (κ1) is 23.9. The van der Waals surface area contributed by atoms with E-state index in [9.17, 15) is 9.59 Å². The number of aliphatic carboxylic acids is 1. The number of alkyl halides is 1. The molecule has 0 spiro atoms. The Labute approximate surface area is 186 Å². The van der Waals surface area contributed by atoms with Crippen molar-refractivity contribution in [3.05, 3.63) is 64.7 Å². The first-order chi connectivity index (χ1) is 14.5. The van der Waals surface area contributed by atoms with Crippen LogP contribution >= 0.6 is 15.9 Å². The Kier molecular flexibility index (Phi) is 10.4. The van der Waals surface area contributed by atoms with Crippen LogP contribution in [0, 0.1) is 0 Å². The fourth-order valence-electron chi connectivity index (χ4n) is 3.33. The van der Waals surface area contributed by atoms with Gasteiger partial charge in [-0.15, -0.1) is 0 Å². The number of ether oxygens (including phenoxy) is 2. The number of carboxylic acid groups (broad SMARTS) is 1. The summed E-state index contributed by atoms with van der Waals surface area (Å²) in [7, 11) is 1.35. The zero-order valence-electron chi connectivity index (χ0n) is 17.4. The number of halogens is 1. The Balaban J connectivity index is 2.12. The van der Waals surface area contributed by atoms with Crippen molar-refractivity contribution in [1.29, 1.82) is 0 Å². The van der Waals surface area contributed by atoms with Crippen molar-refractivity contribution in [2.24, 2.45) is 0 Å². The summed E-state index contributed by atoms with van der Waals surface area (Å²) in [6.45, 7) is 0.291. The lowest BCUT2D eigenvalue weighted by Crippen LogP contribution is -2.06. The summed E-state index contributed by atoms with van der Waals surface area (Å²) in [4.78, 5) is 22.9. The second-order valence-corrected chi connectivity index (χ2v) is 7.91. The summed E-state index contributed by atoms with van der Waals surface area (Å²) in [5.41, 5.74) is 3.43. The van der Waals surface area contributed by atoms with Crippen LogP contribution in [0.4, 0.5) is 0 Å². The third-order valence-electron chi connectivity index (χ3n) is 4.89. The highest BCUT2D eigenvalue weighted by Gasteiger charge is 2.13. The van der Waals surface area contributed by atoms with Crippen LogP contribution in [0.15, 0.2) is 42.5 Å². The maximum atomic E-state index is 11.7. The fraction of sp³-hybridized carbons (Fsp3) is 0.417. The average molecular weight is 477 g/mol. The van der Waals surface area contributed by atoms with E-state index in [2.05, 4.69) is 22.0 Å². The molecule has 2 rings (SSSR count). The maximum absolute atomic E-state index is 11.7. The second-order valence-electron chi connectivity index (χ2n) is 7.12. The van der Waals surface area contributed by atoms with Crippen molar-refractivity contribution in [3.8, 4) is 5.75 Å². The van der Waals surface area contributed by atoms with Crippen molar-refractivity contribution >= 4 is 27.9 Å². The number of esters is 1. The molecule has 0 saturated carbocycles. The highest BCUT2D eigenvalue weighted by Crippen LogP contribution is 2.27. The lowest BCUT2D eigenvalue weighted by Gasteiger charge is -2.16. The lowest BCUT2D eigenvalue weighted by atomic mass is 9.97. The minimum atomic E-state index is -0.821. The topological polar surface area (TPSA) is 72.8 Å². The Morgan fingerprint density at radius 1 is 1.00 bits per heavy atom. The standard InChI is InChI=1S/C24H29BrO5/c1-29-24(28)20-11-6-8-18(16-20)17-30-22-12-7-10-19(9-4-2-3-5-15-25)21(22)13-14-23(26)27/h6-8,10-12,16H,2-5,9,13-15,17H2,1H3,(H,26,27). The number of carboxylic acids is 1. The number of carbonyl (C=O) groups excluding carboxylic acids is 1. The summed E-state index contributed by atoms with van der Waals surface area (Å²) >= 11 is 3.46. The highest BCUT2D eigenvalue weighted by atomic mass is 79.9. The lowest BCUT2D eigenvalue weighted by molar-refractivity contribution is -0.136. The van der Waals surface area contributed by atoms with Crippen molar-refractivity contribution < 1.29 is 24.2 Å².